The fraction of sp³-hybridized carbons (Fsp3) is 0. The Balaban J connectivity index is 0.00000242. The average molecular weight is 365 g/mol. The topological polar surface area (TPSA) is 109 Å². The van der Waals surface area contributed by atoms with E-state index in [0.29, 0.717) is 0 Å². The molecule has 0 fully saturated rings. The molecule has 2 N–H and O–H groups in total. The summed E-state index contributed by atoms with van der Waals surface area (Å²) in [5, 5.41) is 17.5. The van der Waals surface area contributed by atoms with Crippen molar-refractivity contribution in [3.8, 4) is 0 Å². The Labute approximate surface area is 136 Å². The van der Waals surface area contributed by atoms with Crippen LogP contribution in [0, 0.1) is 0 Å². The van der Waals surface area contributed by atoms with E-state index in [4.69, 9.17) is 10.2 Å². The molecular formula is C14H10CoO6S. The van der Waals surface area contributed by atoms with Crippen molar-refractivity contribution in [1.29, 1.82) is 0 Å². The Hall–Kier alpha value is -2.16. The molecule has 0 atom stereocenters. The molecule has 0 amide bonds. The van der Waals surface area contributed by atoms with Crippen LogP contribution in [0.2, 0.25) is 0 Å². The van der Waals surface area contributed by atoms with Gasteiger partial charge in [0.2, 0.25) is 9.84 Å². The van der Waals surface area contributed by atoms with E-state index in [1.807, 2.05) is 0 Å². The van der Waals surface area contributed by atoms with Crippen molar-refractivity contribution >= 4 is 21.8 Å². The van der Waals surface area contributed by atoms with Crippen LogP contribution in [0.15, 0.2) is 58.3 Å². The smallest absolute Gasteiger partial charge is 0.335 e. The molecule has 6 nitrogen and oxygen atoms in total. The van der Waals surface area contributed by atoms with Gasteiger partial charge in [-0.2, -0.15) is 0 Å². The van der Waals surface area contributed by atoms with E-state index in [9.17, 15) is 18.0 Å². The monoisotopic (exact) mass is 365 g/mol. The van der Waals surface area contributed by atoms with Gasteiger partial charge in [-0.1, -0.05) is 0 Å². The summed E-state index contributed by atoms with van der Waals surface area (Å²) >= 11 is 0. The minimum atomic E-state index is -3.81. The largest absolute Gasteiger partial charge is 0.478 e. The number of carboxylic acids is 2. The molecule has 2 aromatic rings. The second-order valence-electron chi connectivity index (χ2n) is 4.16. The van der Waals surface area contributed by atoms with Crippen LogP contribution < -0.4 is 0 Å². The summed E-state index contributed by atoms with van der Waals surface area (Å²) in [5.74, 6) is -2.30. The van der Waals surface area contributed by atoms with Crippen LogP contribution in [0.1, 0.15) is 20.7 Å². The Bertz CT molecular complexity index is 731. The molecule has 0 unspecified atom stereocenters. The molecule has 0 saturated carbocycles. The molecule has 0 aliphatic rings. The van der Waals surface area contributed by atoms with Gasteiger partial charge in [0.25, 0.3) is 0 Å². The SMILES string of the molecule is O=C(O)c1ccc(S(=O)(=O)c2ccc(C(=O)O)cc2)cc1.[Co]. The molecule has 0 aliphatic carbocycles. The van der Waals surface area contributed by atoms with Gasteiger partial charge in [-0.3, -0.25) is 0 Å². The number of carbonyl (C=O) groups is 2. The molecule has 0 heterocycles. The van der Waals surface area contributed by atoms with E-state index in [1.54, 1.807) is 0 Å². The zero-order valence-electron chi connectivity index (χ0n) is 10.9. The average Bonchev–Trinajstić information content (AvgIpc) is 2.47. The number of aromatic carboxylic acids is 2. The van der Waals surface area contributed by atoms with Crippen molar-refractivity contribution in [2.45, 2.75) is 9.79 Å². The molecule has 8 heteroatoms. The maximum absolute atomic E-state index is 12.3. The summed E-state index contributed by atoms with van der Waals surface area (Å²) in [4.78, 5) is 21.3. The third kappa shape index (κ3) is 3.53. The number of hydrogen-bond acceptors (Lipinski definition) is 4. The fourth-order valence-corrected chi connectivity index (χ4v) is 2.95. The van der Waals surface area contributed by atoms with Crippen molar-refractivity contribution < 1.29 is 45.0 Å². The maximum atomic E-state index is 12.3. The quantitative estimate of drug-likeness (QED) is 0.857. The Morgan fingerprint density at radius 2 is 0.955 bits per heavy atom. The molecule has 22 heavy (non-hydrogen) atoms. The number of carboxylic acid groups (broad SMARTS) is 2. The van der Waals surface area contributed by atoms with Crippen molar-refractivity contribution in [2.24, 2.45) is 0 Å². The normalized spacial score (nSPS) is 10.5. The molecule has 1 radical (unpaired) electrons. The third-order valence-electron chi connectivity index (χ3n) is 2.82. The van der Waals surface area contributed by atoms with Crippen LogP contribution in [-0.2, 0) is 26.6 Å². The zero-order valence-corrected chi connectivity index (χ0v) is 12.7. The van der Waals surface area contributed by atoms with Gasteiger partial charge in [0.05, 0.1) is 20.9 Å². The number of benzene rings is 2. The van der Waals surface area contributed by atoms with Gasteiger partial charge in [0, 0.05) is 16.8 Å². The summed E-state index contributed by atoms with van der Waals surface area (Å²) in [6, 6.07) is 9.57. The predicted octanol–water partition coefficient (Wildman–Crippen LogP) is 1.91. The molecule has 0 aliphatic heterocycles. The van der Waals surface area contributed by atoms with Crippen molar-refractivity contribution in [1.82, 2.24) is 0 Å². The predicted molar refractivity (Wildman–Crippen MR) is 72.3 cm³/mol. The molecular weight excluding hydrogens is 355 g/mol. The van der Waals surface area contributed by atoms with Gasteiger partial charge in [-0.05, 0) is 48.5 Å². The Kier molecular flexibility index (Phi) is 5.47. The Morgan fingerprint density at radius 3 is 1.18 bits per heavy atom. The van der Waals surface area contributed by atoms with E-state index in [0.717, 1.165) is 0 Å². The zero-order chi connectivity index (χ0) is 15.6. The summed E-state index contributed by atoms with van der Waals surface area (Å²) in [7, 11) is -3.81. The summed E-state index contributed by atoms with van der Waals surface area (Å²) in [6.45, 7) is 0. The Morgan fingerprint density at radius 1 is 0.682 bits per heavy atom. The standard InChI is InChI=1S/C14H10O6S.Co/c15-13(16)9-1-5-11(6-2-9)21(19,20)12-7-3-10(4-8-12)14(17)18;/h1-8H,(H,15,16)(H,17,18);. The van der Waals surface area contributed by atoms with Gasteiger partial charge in [0.1, 0.15) is 0 Å². The van der Waals surface area contributed by atoms with E-state index in [1.165, 1.54) is 48.5 Å². The molecule has 117 valence electrons. The van der Waals surface area contributed by atoms with Crippen LogP contribution in [0.5, 0.6) is 0 Å². The van der Waals surface area contributed by atoms with E-state index < -0.39 is 21.8 Å². The van der Waals surface area contributed by atoms with Gasteiger partial charge >= 0.3 is 11.9 Å². The molecule has 0 spiro atoms. The third-order valence-corrected chi connectivity index (χ3v) is 4.61. The molecule has 2 aromatic carbocycles. The second-order valence-corrected chi connectivity index (χ2v) is 6.11. The molecule has 0 bridgehead atoms. The fourth-order valence-electron chi connectivity index (χ4n) is 1.69. The molecule has 2 rings (SSSR count). The first-order valence-electron chi connectivity index (χ1n) is 5.74. The van der Waals surface area contributed by atoms with Crippen LogP contribution in [-0.4, -0.2) is 30.6 Å². The first kappa shape index (κ1) is 17.9. The number of hydrogen-bond donors (Lipinski definition) is 2. The summed E-state index contributed by atoms with van der Waals surface area (Å²) in [6.07, 6.45) is 0. The molecule has 0 saturated heterocycles. The molecule has 0 aromatic heterocycles. The van der Waals surface area contributed by atoms with E-state index in [2.05, 4.69) is 0 Å². The van der Waals surface area contributed by atoms with Crippen molar-refractivity contribution in [3.05, 3.63) is 59.7 Å². The number of sulfone groups is 1. The van der Waals surface area contributed by atoms with Crippen molar-refractivity contribution in [2.75, 3.05) is 0 Å². The number of rotatable bonds is 4. The summed E-state index contributed by atoms with van der Waals surface area (Å²) in [5.41, 5.74) is -0.0367. The van der Waals surface area contributed by atoms with Gasteiger partial charge in [-0.25, -0.2) is 18.0 Å². The van der Waals surface area contributed by atoms with Crippen LogP contribution in [0.3, 0.4) is 0 Å². The van der Waals surface area contributed by atoms with Crippen LogP contribution >= 0.6 is 0 Å². The minimum Gasteiger partial charge on any atom is -0.478 e. The second kappa shape index (κ2) is 6.73. The van der Waals surface area contributed by atoms with Crippen molar-refractivity contribution in [3.63, 3.8) is 0 Å². The maximum Gasteiger partial charge on any atom is 0.335 e. The summed E-state index contributed by atoms with van der Waals surface area (Å²) < 4.78 is 24.6. The first-order valence-corrected chi connectivity index (χ1v) is 7.22. The van der Waals surface area contributed by atoms with Crippen LogP contribution in [0.4, 0.5) is 0 Å². The van der Waals surface area contributed by atoms with Gasteiger partial charge in [0.15, 0.2) is 0 Å². The van der Waals surface area contributed by atoms with Gasteiger partial charge in [-0.15, -0.1) is 0 Å². The van der Waals surface area contributed by atoms with Crippen LogP contribution in [0.25, 0.3) is 0 Å². The van der Waals surface area contributed by atoms with E-state index in [-0.39, 0.29) is 37.7 Å². The first-order chi connectivity index (χ1) is 9.82. The van der Waals surface area contributed by atoms with E-state index >= 15 is 0 Å². The van der Waals surface area contributed by atoms with Gasteiger partial charge < -0.3 is 10.2 Å². The minimum absolute atomic E-state index is 0.